The van der Waals surface area contributed by atoms with Crippen LogP contribution in [0.2, 0.25) is 10.0 Å². The zero-order chi connectivity index (χ0) is 21.1. The lowest BCUT2D eigenvalue weighted by Crippen LogP contribution is -2.34. The summed E-state index contributed by atoms with van der Waals surface area (Å²) in [4.78, 5) is 15.4. The van der Waals surface area contributed by atoms with E-state index in [4.69, 9.17) is 27.9 Å². The molecule has 1 aromatic heterocycles. The highest BCUT2D eigenvalue weighted by Gasteiger charge is 2.44. The van der Waals surface area contributed by atoms with E-state index in [0.717, 1.165) is 28.7 Å². The van der Waals surface area contributed by atoms with Gasteiger partial charge in [-0.2, -0.15) is 0 Å². The Morgan fingerprint density at radius 3 is 2.50 bits per heavy atom. The molecule has 2 saturated carbocycles. The van der Waals surface area contributed by atoms with Crippen molar-refractivity contribution < 1.29 is 9.53 Å². The maximum absolute atomic E-state index is 11.2. The van der Waals surface area contributed by atoms with Crippen LogP contribution in [-0.4, -0.2) is 17.1 Å². The Morgan fingerprint density at radius 1 is 1.03 bits per heavy atom. The number of rotatable bonds is 2. The minimum absolute atomic E-state index is 0.0543. The molecule has 4 atom stereocenters. The van der Waals surface area contributed by atoms with E-state index in [2.05, 4.69) is 11.6 Å². The fourth-order valence-corrected chi connectivity index (χ4v) is 5.53. The average Bonchev–Trinajstić information content (AvgIpc) is 3.13. The lowest BCUT2D eigenvalue weighted by atomic mass is 9.66. The second kappa shape index (κ2) is 9.53. The molecule has 30 heavy (non-hydrogen) atoms. The van der Waals surface area contributed by atoms with Gasteiger partial charge >= 0.3 is 5.97 Å². The second-order valence-electron chi connectivity index (χ2n) is 8.57. The van der Waals surface area contributed by atoms with Crippen LogP contribution in [0.15, 0.2) is 43.1 Å². The number of halogens is 2. The SMILES string of the molecule is C=Cc1ccc(-c2cc(Cl)ccc2Cl)cn1.O=C1CC2CC3CCCCC3CC2O1. The van der Waals surface area contributed by atoms with Gasteiger partial charge in [0.25, 0.3) is 0 Å². The van der Waals surface area contributed by atoms with E-state index in [1.54, 1.807) is 24.4 Å². The molecule has 0 N–H and O–H groups in total. The van der Waals surface area contributed by atoms with Crippen molar-refractivity contribution in [2.75, 3.05) is 0 Å². The Labute approximate surface area is 188 Å². The minimum Gasteiger partial charge on any atom is -0.462 e. The smallest absolute Gasteiger partial charge is 0.306 e. The largest absolute Gasteiger partial charge is 0.462 e. The maximum atomic E-state index is 11.2. The summed E-state index contributed by atoms with van der Waals surface area (Å²) in [5, 5.41) is 1.32. The van der Waals surface area contributed by atoms with Gasteiger partial charge in [0.15, 0.2) is 0 Å². The molecule has 2 heterocycles. The number of pyridine rings is 1. The van der Waals surface area contributed by atoms with Crippen molar-refractivity contribution in [3.05, 3.63) is 58.8 Å². The van der Waals surface area contributed by atoms with Gasteiger partial charge in [-0.05, 0) is 55.0 Å². The van der Waals surface area contributed by atoms with E-state index in [-0.39, 0.29) is 5.97 Å². The summed E-state index contributed by atoms with van der Waals surface area (Å²) in [5.41, 5.74) is 2.66. The van der Waals surface area contributed by atoms with Crippen LogP contribution < -0.4 is 0 Å². The second-order valence-corrected chi connectivity index (χ2v) is 9.41. The highest BCUT2D eigenvalue weighted by molar-refractivity contribution is 6.35. The summed E-state index contributed by atoms with van der Waals surface area (Å²) < 4.78 is 5.38. The minimum atomic E-state index is 0.0543. The number of carbonyl (C=O) groups excluding carboxylic acids is 1. The molecule has 3 aliphatic rings. The molecule has 5 rings (SSSR count). The first-order valence-electron chi connectivity index (χ1n) is 10.8. The number of fused-ring (bicyclic) bond motifs is 2. The topological polar surface area (TPSA) is 39.2 Å². The number of aromatic nitrogens is 1. The third-order valence-corrected chi connectivity index (χ3v) is 7.24. The highest BCUT2D eigenvalue weighted by Crippen LogP contribution is 2.46. The highest BCUT2D eigenvalue weighted by atomic mass is 35.5. The van der Waals surface area contributed by atoms with Gasteiger partial charge < -0.3 is 4.74 Å². The van der Waals surface area contributed by atoms with Crippen LogP contribution in [0.4, 0.5) is 0 Å². The van der Waals surface area contributed by atoms with Crippen molar-refractivity contribution in [3.8, 4) is 11.1 Å². The summed E-state index contributed by atoms with van der Waals surface area (Å²) >= 11 is 12.0. The molecule has 5 heteroatoms. The first kappa shape index (κ1) is 21.4. The van der Waals surface area contributed by atoms with Crippen LogP contribution in [-0.2, 0) is 9.53 Å². The van der Waals surface area contributed by atoms with Crippen molar-refractivity contribution in [1.29, 1.82) is 0 Å². The molecule has 2 aromatic rings. The fraction of sp³-hybridized carbons (Fsp3) is 0.440. The lowest BCUT2D eigenvalue weighted by molar-refractivity contribution is -0.142. The molecule has 1 saturated heterocycles. The van der Waals surface area contributed by atoms with Crippen molar-refractivity contribution in [2.24, 2.45) is 17.8 Å². The zero-order valence-electron chi connectivity index (χ0n) is 17.0. The molecule has 158 valence electrons. The van der Waals surface area contributed by atoms with Crippen molar-refractivity contribution >= 4 is 35.2 Å². The number of nitrogens with zero attached hydrogens (tertiary/aromatic N) is 1. The maximum Gasteiger partial charge on any atom is 0.306 e. The number of hydrogen-bond acceptors (Lipinski definition) is 3. The van der Waals surface area contributed by atoms with Crippen LogP contribution in [0.3, 0.4) is 0 Å². The first-order valence-corrected chi connectivity index (χ1v) is 11.5. The van der Waals surface area contributed by atoms with Gasteiger partial charge in [0.1, 0.15) is 6.10 Å². The number of carbonyl (C=O) groups is 1. The van der Waals surface area contributed by atoms with E-state index in [1.165, 1.54) is 38.5 Å². The van der Waals surface area contributed by atoms with E-state index < -0.39 is 0 Å². The number of esters is 1. The summed E-state index contributed by atoms with van der Waals surface area (Å²) in [5.74, 6) is 2.41. The molecule has 1 aromatic carbocycles. The van der Waals surface area contributed by atoms with Gasteiger partial charge in [0, 0.05) is 33.3 Å². The molecule has 2 aliphatic carbocycles. The predicted molar refractivity (Wildman–Crippen MR) is 122 cm³/mol. The van der Waals surface area contributed by atoms with Crippen molar-refractivity contribution in [2.45, 2.75) is 51.0 Å². The van der Waals surface area contributed by atoms with Crippen LogP contribution in [0.5, 0.6) is 0 Å². The Balaban J connectivity index is 0.000000146. The van der Waals surface area contributed by atoms with E-state index in [1.807, 2.05) is 18.2 Å². The summed E-state index contributed by atoms with van der Waals surface area (Å²) in [6, 6.07) is 9.20. The van der Waals surface area contributed by atoms with Gasteiger partial charge in [-0.1, -0.05) is 61.5 Å². The van der Waals surface area contributed by atoms with E-state index in [9.17, 15) is 4.79 Å². The molecular formula is C25H27Cl2NO2. The molecule has 3 nitrogen and oxygen atoms in total. The van der Waals surface area contributed by atoms with Gasteiger partial charge in [-0.3, -0.25) is 9.78 Å². The first-order chi connectivity index (χ1) is 14.5. The van der Waals surface area contributed by atoms with Crippen LogP contribution in [0.1, 0.15) is 50.6 Å². The standard InChI is InChI=1S/C13H9Cl2N.C12H18O2/c1-2-11-5-3-9(8-16-11)12-7-10(14)4-6-13(12)15;13-12-7-10-5-8-3-1-2-4-9(8)6-11(10)14-12/h2-8H,1H2;8-11H,1-7H2. The fourth-order valence-electron chi connectivity index (χ4n) is 5.13. The van der Waals surface area contributed by atoms with Gasteiger partial charge in [-0.15, -0.1) is 0 Å². The number of ether oxygens (including phenoxy) is 1. The van der Waals surface area contributed by atoms with E-state index in [0.29, 0.717) is 28.5 Å². The summed E-state index contributed by atoms with van der Waals surface area (Å²) in [7, 11) is 0. The monoisotopic (exact) mass is 443 g/mol. The Morgan fingerprint density at radius 2 is 1.80 bits per heavy atom. The predicted octanol–water partition coefficient (Wildman–Crippen LogP) is 7.22. The van der Waals surface area contributed by atoms with Crippen LogP contribution >= 0.6 is 23.2 Å². The molecule has 0 radical (unpaired) electrons. The molecule has 0 bridgehead atoms. The molecule has 0 amide bonds. The van der Waals surface area contributed by atoms with Crippen molar-refractivity contribution in [3.63, 3.8) is 0 Å². The molecule has 3 fully saturated rings. The number of hydrogen-bond donors (Lipinski definition) is 0. The van der Waals surface area contributed by atoms with Crippen molar-refractivity contribution in [1.82, 2.24) is 4.98 Å². The summed E-state index contributed by atoms with van der Waals surface area (Å²) in [6.07, 6.45) is 12.5. The van der Waals surface area contributed by atoms with E-state index >= 15 is 0 Å². The Kier molecular flexibility index (Phi) is 6.80. The number of benzene rings is 1. The molecule has 0 spiro atoms. The van der Waals surface area contributed by atoms with Gasteiger partial charge in [0.2, 0.25) is 0 Å². The van der Waals surface area contributed by atoms with Crippen LogP contribution in [0, 0.1) is 17.8 Å². The normalized spacial score (nSPS) is 27.2. The van der Waals surface area contributed by atoms with Gasteiger partial charge in [0.05, 0.1) is 12.1 Å². The molecule has 1 aliphatic heterocycles. The average molecular weight is 444 g/mol. The Bertz CT molecular complexity index is 888. The quantitative estimate of drug-likeness (QED) is 0.459. The molecule has 4 unspecified atom stereocenters. The Hall–Kier alpha value is -1.84. The van der Waals surface area contributed by atoms with Gasteiger partial charge in [-0.25, -0.2) is 0 Å². The molecular weight excluding hydrogens is 417 g/mol. The lowest BCUT2D eigenvalue weighted by Gasteiger charge is -2.40. The summed E-state index contributed by atoms with van der Waals surface area (Å²) in [6.45, 7) is 3.66. The third kappa shape index (κ3) is 4.90. The van der Waals surface area contributed by atoms with Crippen LogP contribution in [0.25, 0.3) is 17.2 Å². The zero-order valence-corrected chi connectivity index (χ0v) is 18.5. The third-order valence-electron chi connectivity index (χ3n) is 6.68.